The summed E-state index contributed by atoms with van der Waals surface area (Å²) in [7, 11) is 0. The first-order valence-corrected chi connectivity index (χ1v) is 7.22. The highest BCUT2D eigenvalue weighted by atomic mass is 32.2. The fraction of sp³-hybridized carbons (Fsp3) is 0.692. The Hall–Kier alpha value is -0.770. The Morgan fingerprint density at radius 2 is 1.88 bits per heavy atom. The smallest absolute Gasteiger partial charge is 0.140 e. The zero-order valence-electron chi connectivity index (χ0n) is 10.9. The van der Waals surface area contributed by atoms with Crippen LogP contribution in [0.15, 0.2) is 0 Å². The summed E-state index contributed by atoms with van der Waals surface area (Å²) >= 11 is 1.87. The normalized spacial score (nSPS) is 15.7. The largest absolute Gasteiger partial charge is 0.383 e. The van der Waals surface area contributed by atoms with Crippen molar-refractivity contribution in [3.8, 4) is 0 Å². The molecule has 1 aromatic rings. The summed E-state index contributed by atoms with van der Waals surface area (Å²) in [5.74, 6) is 2.45. The van der Waals surface area contributed by atoms with Crippen LogP contribution in [0.2, 0.25) is 0 Å². The number of rotatable bonds is 2. The third kappa shape index (κ3) is 3.35. The van der Waals surface area contributed by atoms with Gasteiger partial charge in [0, 0.05) is 16.0 Å². The lowest BCUT2D eigenvalue weighted by Gasteiger charge is -2.19. The van der Waals surface area contributed by atoms with Gasteiger partial charge in [0.2, 0.25) is 0 Å². The molecular weight excluding hydrogens is 230 g/mol. The maximum absolute atomic E-state index is 6.02. The second-order valence-electron chi connectivity index (χ2n) is 5.56. The Balaban J connectivity index is 2.16. The second-order valence-corrected chi connectivity index (χ2v) is 7.36. The number of aryl methyl sites for hydroxylation is 1. The summed E-state index contributed by atoms with van der Waals surface area (Å²) in [4.78, 5) is 9.10. The van der Waals surface area contributed by atoms with Crippen LogP contribution in [0.25, 0.3) is 0 Å². The topological polar surface area (TPSA) is 51.8 Å². The average Bonchev–Trinajstić information content (AvgIpc) is 2.26. The Morgan fingerprint density at radius 1 is 1.18 bits per heavy atom. The number of anilines is 1. The SMILES string of the molecule is CC(C)(C)SCc1nc(N)c2c(n1)CCCC2. The molecule has 2 N–H and O–H groups in total. The van der Waals surface area contributed by atoms with Crippen molar-refractivity contribution in [1.29, 1.82) is 0 Å². The molecule has 0 unspecified atom stereocenters. The maximum atomic E-state index is 6.02. The van der Waals surface area contributed by atoms with Crippen LogP contribution < -0.4 is 5.73 Å². The fourth-order valence-corrected chi connectivity index (χ4v) is 2.71. The standard InChI is InChI=1S/C13H21N3S/c1-13(2,3)17-8-11-15-10-7-5-4-6-9(10)12(14)16-11/h4-8H2,1-3H3,(H2,14,15,16). The van der Waals surface area contributed by atoms with Gasteiger partial charge in [-0.25, -0.2) is 9.97 Å². The monoisotopic (exact) mass is 251 g/mol. The predicted molar refractivity (Wildman–Crippen MR) is 74.1 cm³/mol. The molecule has 1 aliphatic rings. The van der Waals surface area contributed by atoms with E-state index >= 15 is 0 Å². The number of nitrogens with two attached hydrogens (primary N) is 1. The number of nitrogen functional groups attached to an aromatic ring is 1. The van der Waals surface area contributed by atoms with Crippen LogP contribution in [0.4, 0.5) is 5.82 Å². The van der Waals surface area contributed by atoms with E-state index in [1.165, 1.54) is 24.1 Å². The molecule has 4 heteroatoms. The minimum atomic E-state index is 0.244. The molecule has 17 heavy (non-hydrogen) atoms. The van der Waals surface area contributed by atoms with Crippen LogP contribution in [-0.2, 0) is 18.6 Å². The lowest BCUT2D eigenvalue weighted by Crippen LogP contribution is -2.14. The van der Waals surface area contributed by atoms with Gasteiger partial charge in [-0.2, -0.15) is 0 Å². The summed E-state index contributed by atoms with van der Waals surface area (Å²) < 4.78 is 0.244. The van der Waals surface area contributed by atoms with E-state index in [0.29, 0.717) is 5.82 Å². The number of thioether (sulfide) groups is 1. The Morgan fingerprint density at radius 3 is 2.59 bits per heavy atom. The van der Waals surface area contributed by atoms with Crippen molar-refractivity contribution in [3.05, 3.63) is 17.1 Å². The lowest BCUT2D eigenvalue weighted by molar-refractivity contribution is 0.660. The first-order chi connectivity index (χ1) is 7.96. The van der Waals surface area contributed by atoms with Crippen molar-refractivity contribution in [1.82, 2.24) is 9.97 Å². The molecule has 94 valence electrons. The Labute approximate surface area is 108 Å². The first-order valence-electron chi connectivity index (χ1n) is 6.24. The van der Waals surface area contributed by atoms with Gasteiger partial charge in [-0.1, -0.05) is 20.8 Å². The molecule has 0 aliphatic heterocycles. The van der Waals surface area contributed by atoms with Crippen molar-refractivity contribution >= 4 is 17.6 Å². The van der Waals surface area contributed by atoms with Gasteiger partial charge in [-0.15, -0.1) is 11.8 Å². The van der Waals surface area contributed by atoms with Gasteiger partial charge in [0.1, 0.15) is 11.6 Å². The number of hydrogen-bond donors (Lipinski definition) is 1. The summed E-state index contributed by atoms with van der Waals surface area (Å²) in [5, 5.41) is 0. The minimum Gasteiger partial charge on any atom is -0.383 e. The highest BCUT2D eigenvalue weighted by molar-refractivity contribution is 7.99. The van der Waals surface area contributed by atoms with Gasteiger partial charge in [0.25, 0.3) is 0 Å². The van der Waals surface area contributed by atoms with Crippen molar-refractivity contribution in [2.75, 3.05) is 5.73 Å². The summed E-state index contributed by atoms with van der Waals surface area (Å²) in [6, 6.07) is 0. The molecule has 0 aromatic carbocycles. The Bertz CT molecular complexity index is 410. The molecule has 0 radical (unpaired) electrons. The van der Waals surface area contributed by atoms with Crippen LogP contribution in [0, 0.1) is 0 Å². The molecule has 0 spiro atoms. The second kappa shape index (κ2) is 4.84. The molecule has 1 aliphatic carbocycles. The Kier molecular flexibility index (Phi) is 3.61. The van der Waals surface area contributed by atoms with Crippen LogP contribution in [0.5, 0.6) is 0 Å². The summed E-state index contributed by atoms with van der Waals surface area (Å²) in [5.41, 5.74) is 8.40. The maximum Gasteiger partial charge on any atom is 0.140 e. The first kappa shape index (κ1) is 12.7. The highest BCUT2D eigenvalue weighted by Crippen LogP contribution is 2.28. The van der Waals surface area contributed by atoms with Crippen molar-refractivity contribution in [2.24, 2.45) is 0 Å². The molecule has 1 aromatic heterocycles. The number of nitrogens with zero attached hydrogens (tertiary/aromatic N) is 2. The van der Waals surface area contributed by atoms with E-state index in [9.17, 15) is 0 Å². The fourth-order valence-electron chi connectivity index (χ4n) is 2.02. The number of fused-ring (bicyclic) bond motifs is 1. The van der Waals surface area contributed by atoms with E-state index in [1.807, 2.05) is 11.8 Å². The third-order valence-electron chi connectivity index (χ3n) is 2.90. The molecule has 0 fully saturated rings. The van der Waals surface area contributed by atoms with Gasteiger partial charge in [-0.3, -0.25) is 0 Å². The molecule has 0 saturated heterocycles. The van der Waals surface area contributed by atoms with Crippen molar-refractivity contribution in [3.63, 3.8) is 0 Å². The predicted octanol–water partition coefficient (Wildman–Crippen LogP) is 2.97. The number of hydrogen-bond acceptors (Lipinski definition) is 4. The van der Waals surface area contributed by atoms with E-state index in [-0.39, 0.29) is 4.75 Å². The van der Waals surface area contributed by atoms with E-state index in [2.05, 4.69) is 30.7 Å². The number of aromatic nitrogens is 2. The summed E-state index contributed by atoms with van der Waals surface area (Å²) in [6.45, 7) is 6.62. The molecule has 0 saturated carbocycles. The molecule has 2 rings (SSSR count). The van der Waals surface area contributed by atoms with E-state index in [0.717, 1.165) is 24.4 Å². The van der Waals surface area contributed by atoms with Crippen LogP contribution in [0.1, 0.15) is 50.7 Å². The van der Waals surface area contributed by atoms with Crippen LogP contribution in [0.3, 0.4) is 0 Å². The molecule has 0 bridgehead atoms. The quantitative estimate of drug-likeness (QED) is 0.878. The molecule has 3 nitrogen and oxygen atoms in total. The highest BCUT2D eigenvalue weighted by Gasteiger charge is 2.17. The van der Waals surface area contributed by atoms with E-state index in [4.69, 9.17) is 5.73 Å². The van der Waals surface area contributed by atoms with Crippen molar-refractivity contribution in [2.45, 2.75) is 57.0 Å². The zero-order valence-corrected chi connectivity index (χ0v) is 11.7. The van der Waals surface area contributed by atoms with E-state index in [1.54, 1.807) is 0 Å². The van der Waals surface area contributed by atoms with Crippen molar-refractivity contribution < 1.29 is 0 Å². The van der Waals surface area contributed by atoms with Crippen LogP contribution in [-0.4, -0.2) is 14.7 Å². The van der Waals surface area contributed by atoms with Gasteiger partial charge >= 0.3 is 0 Å². The van der Waals surface area contributed by atoms with Gasteiger partial charge in [0.05, 0.1) is 5.75 Å². The average molecular weight is 251 g/mol. The molecule has 1 heterocycles. The third-order valence-corrected chi connectivity index (χ3v) is 4.16. The lowest BCUT2D eigenvalue weighted by atomic mass is 9.96. The van der Waals surface area contributed by atoms with Gasteiger partial charge < -0.3 is 5.73 Å². The van der Waals surface area contributed by atoms with Gasteiger partial charge in [0.15, 0.2) is 0 Å². The van der Waals surface area contributed by atoms with Crippen LogP contribution >= 0.6 is 11.8 Å². The molecule has 0 atom stereocenters. The minimum absolute atomic E-state index is 0.244. The summed E-state index contributed by atoms with van der Waals surface area (Å²) in [6.07, 6.45) is 4.56. The molecule has 0 amide bonds. The van der Waals surface area contributed by atoms with Gasteiger partial charge in [-0.05, 0) is 25.7 Å². The molecular formula is C13H21N3S. The van der Waals surface area contributed by atoms with E-state index < -0.39 is 0 Å². The zero-order chi connectivity index (χ0) is 12.5.